The number of methoxy groups -OCH3 is 1. The minimum absolute atomic E-state index is 0.0607. The molecule has 174 valence electrons. The number of nitrogens with zero attached hydrogens (tertiary/aromatic N) is 1. The lowest BCUT2D eigenvalue weighted by molar-refractivity contribution is -0.132. The van der Waals surface area contributed by atoms with E-state index in [-0.39, 0.29) is 26.9 Å². The van der Waals surface area contributed by atoms with Crippen molar-refractivity contribution in [1.29, 1.82) is 0 Å². The SMILES string of the molecule is COc1c(Cl)cc(Cl)cc1/C(O)=C1\C(=O)C(=O)N(c2cc(C)cc(C)c2)C1c1ccc(F)cc1. The van der Waals surface area contributed by atoms with Crippen LogP contribution >= 0.6 is 23.2 Å². The molecule has 1 aliphatic rings. The smallest absolute Gasteiger partial charge is 0.300 e. The number of carbonyl (C=O) groups is 2. The van der Waals surface area contributed by atoms with Crippen LogP contribution < -0.4 is 9.64 Å². The molecule has 1 atom stereocenters. The number of Topliss-reactive ketones (excluding diaryl/α,β-unsaturated/α-hetero) is 1. The number of hydrogen-bond acceptors (Lipinski definition) is 4. The number of rotatable bonds is 4. The van der Waals surface area contributed by atoms with Crippen LogP contribution in [-0.4, -0.2) is 23.9 Å². The Kier molecular flexibility index (Phi) is 6.39. The Morgan fingerprint density at radius 3 is 2.21 bits per heavy atom. The summed E-state index contributed by atoms with van der Waals surface area (Å²) in [6.07, 6.45) is 0. The van der Waals surface area contributed by atoms with E-state index in [1.165, 1.54) is 48.4 Å². The van der Waals surface area contributed by atoms with Gasteiger partial charge in [0.2, 0.25) is 0 Å². The van der Waals surface area contributed by atoms with Gasteiger partial charge in [-0.15, -0.1) is 0 Å². The Bertz CT molecular complexity index is 1330. The number of ketones is 1. The molecule has 5 nitrogen and oxygen atoms in total. The van der Waals surface area contributed by atoms with Crippen molar-refractivity contribution in [2.45, 2.75) is 19.9 Å². The normalized spacial score (nSPS) is 17.4. The average Bonchev–Trinajstić information content (AvgIpc) is 3.03. The van der Waals surface area contributed by atoms with Crippen LogP contribution in [0, 0.1) is 19.7 Å². The molecule has 1 aliphatic heterocycles. The second-order valence-electron chi connectivity index (χ2n) is 8.03. The van der Waals surface area contributed by atoms with E-state index in [0.717, 1.165) is 11.1 Å². The third-order valence-corrected chi connectivity index (χ3v) is 6.08. The molecule has 1 N–H and O–H groups in total. The molecule has 0 bridgehead atoms. The van der Waals surface area contributed by atoms with Gasteiger partial charge in [-0.3, -0.25) is 14.5 Å². The summed E-state index contributed by atoms with van der Waals surface area (Å²) in [6, 6.07) is 12.7. The summed E-state index contributed by atoms with van der Waals surface area (Å²) < 4.78 is 19.0. The largest absolute Gasteiger partial charge is 0.507 e. The highest BCUT2D eigenvalue weighted by Crippen LogP contribution is 2.45. The summed E-state index contributed by atoms with van der Waals surface area (Å²) in [7, 11) is 1.36. The summed E-state index contributed by atoms with van der Waals surface area (Å²) >= 11 is 12.4. The van der Waals surface area contributed by atoms with E-state index in [2.05, 4.69) is 0 Å². The van der Waals surface area contributed by atoms with E-state index in [1.54, 1.807) is 12.1 Å². The van der Waals surface area contributed by atoms with Gasteiger partial charge in [-0.2, -0.15) is 0 Å². The van der Waals surface area contributed by atoms with Crippen LogP contribution in [0.15, 0.2) is 60.2 Å². The molecule has 0 saturated carbocycles. The number of aryl methyl sites for hydroxylation is 2. The number of hydrogen-bond donors (Lipinski definition) is 1. The Morgan fingerprint density at radius 2 is 1.62 bits per heavy atom. The lowest BCUT2D eigenvalue weighted by Crippen LogP contribution is -2.29. The zero-order valence-corrected chi connectivity index (χ0v) is 20.0. The van der Waals surface area contributed by atoms with Gasteiger partial charge in [0.25, 0.3) is 11.7 Å². The molecule has 1 heterocycles. The van der Waals surface area contributed by atoms with Gasteiger partial charge in [-0.25, -0.2) is 4.39 Å². The van der Waals surface area contributed by atoms with Crippen molar-refractivity contribution in [2.75, 3.05) is 12.0 Å². The fourth-order valence-corrected chi connectivity index (χ4v) is 4.81. The fraction of sp³-hybridized carbons (Fsp3) is 0.154. The van der Waals surface area contributed by atoms with Crippen LogP contribution in [0.5, 0.6) is 5.75 Å². The molecule has 0 aromatic heterocycles. The predicted molar refractivity (Wildman–Crippen MR) is 130 cm³/mol. The highest BCUT2D eigenvalue weighted by atomic mass is 35.5. The van der Waals surface area contributed by atoms with Crippen molar-refractivity contribution >= 4 is 46.3 Å². The highest BCUT2D eigenvalue weighted by molar-refractivity contribution is 6.52. The molecule has 1 amide bonds. The molecule has 0 radical (unpaired) electrons. The Balaban J connectivity index is 2.02. The van der Waals surface area contributed by atoms with Gasteiger partial charge in [0.15, 0.2) is 0 Å². The topological polar surface area (TPSA) is 66.8 Å². The van der Waals surface area contributed by atoms with Crippen LogP contribution in [-0.2, 0) is 9.59 Å². The maximum absolute atomic E-state index is 13.7. The summed E-state index contributed by atoms with van der Waals surface area (Å²) in [6.45, 7) is 3.75. The van der Waals surface area contributed by atoms with E-state index in [9.17, 15) is 19.1 Å². The van der Waals surface area contributed by atoms with Gasteiger partial charge >= 0.3 is 0 Å². The molecule has 1 fully saturated rings. The summed E-state index contributed by atoms with van der Waals surface area (Å²) in [5.74, 6) is -2.60. The van der Waals surface area contributed by atoms with E-state index in [1.807, 2.05) is 19.9 Å². The number of halogens is 3. The van der Waals surface area contributed by atoms with E-state index in [4.69, 9.17) is 27.9 Å². The summed E-state index contributed by atoms with van der Waals surface area (Å²) in [5, 5.41) is 11.7. The molecular weight excluding hydrogens is 480 g/mol. The van der Waals surface area contributed by atoms with E-state index >= 15 is 0 Å². The van der Waals surface area contributed by atoms with Crippen LogP contribution in [0.2, 0.25) is 10.0 Å². The maximum Gasteiger partial charge on any atom is 0.300 e. The maximum atomic E-state index is 13.7. The molecule has 34 heavy (non-hydrogen) atoms. The number of aliphatic hydroxyl groups excluding tert-OH is 1. The standard InChI is InChI=1S/C26H20Cl2FNO4/c1-13-8-14(2)10-18(9-13)30-22(15-4-6-17(29)7-5-15)21(24(32)26(30)33)23(31)19-11-16(27)12-20(28)25(19)34-3/h4-12,22,31H,1-3H3/b23-21+. The molecule has 3 aromatic carbocycles. The first-order valence-electron chi connectivity index (χ1n) is 10.3. The van der Waals surface area contributed by atoms with Crippen molar-refractivity contribution < 1.29 is 23.8 Å². The number of carbonyl (C=O) groups excluding carboxylic acids is 2. The van der Waals surface area contributed by atoms with Crippen molar-refractivity contribution in [1.82, 2.24) is 0 Å². The minimum atomic E-state index is -1.02. The van der Waals surface area contributed by atoms with Crippen LogP contribution in [0.3, 0.4) is 0 Å². The first-order chi connectivity index (χ1) is 16.1. The zero-order chi connectivity index (χ0) is 24.7. The van der Waals surface area contributed by atoms with Gasteiger partial charge in [-0.1, -0.05) is 41.4 Å². The second kappa shape index (κ2) is 9.12. The van der Waals surface area contributed by atoms with Gasteiger partial charge < -0.3 is 9.84 Å². The van der Waals surface area contributed by atoms with Crippen molar-refractivity contribution in [3.8, 4) is 5.75 Å². The first kappa shape index (κ1) is 23.8. The summed E-state index contributed by atoms with van der Waals surface area (Å²) in [5.41, 5.74) is 2.56. The first-order valence-corrected chi connectivity index (χ1v) is 11.1. The summed E-state index contributed by atoms with van der Waals surface area (Å²) in [4.78, 5) is 27.9. The molecule has 0 aliphatic carbocycles. The number of aliphatic hydroxyl groups is 1. The minimum Gasteiger partial charge on any atom is -0.507 e. The molecule has 8 heteroatoms. The van der Waals surface area contributed by atoms with Gasteiger partial charge in [-0.05, 0) is 66.9 Å². The Hall–Kier alpha value is -3.35. The molecule has 0 spiro atoms. The molecule has 1 saturated heterocycles. The van der Waals surface area contributed by atoms with Crippen LogP contribution in [0.1, 0.15) is 28.3 Å². The third kappa shape index (κ3) is 4.15. The number of anilines is 1. The average molecular weight is 500 g/mol. The number of benzene rings is 3. The monoisotopic (exact) mass is 499 g/mol. The van der Waals surface area contributed by atoms with Crippen LogP contribution in [0.4, 0.5) is 10.1 Å². The lowest BCUT2D eigenvalue weighted by atomic mass is 9.94. The van der Waals surface area contributed by atoms with Gasteiger partial charge in [0.1, 0.15) is 17.3 Å². The predicted octanol–water partition coefficient (Wildman–Crippen LogP) is 6.38. The van der Waals surface area contributed by atoms with Gasteiger partial charge in [0, 0.05) is 10.7 Å². The Labute approximate surface area is 206 Å². The lowest BCUT2D eigenvalue weighted by Gasteiger charge is -2.26. The van der Waals surface area contributed by atoms with Crippen LogP contribution in [0.25, 0.3) is 5.76 Å². The molecule has 4 rings (SSSR count). The Morgan fingerprint density at radius 1 is 1.00 bits per heavy atom. The molecular formula is C26H20Cl2FNO4. The number of amides is 1. The fourth-order valence-electron chi connectivity index (χ4n) is 4.24. The highest BCUT2D eigenvalue weighted by Gasteiger charge is 2.47. The number of ether oxygens (including phenoxy) is 1. The van der Waals surface area contributed by atoms with E-state index in [0.29, 0.717) is 11.3 Å². The van der Waals surface area contributed by atoms with Crippen molar-refractivity contribution in [3.63, 3.8) is 0 Å². The van der Waals surface area contributed by atoms with Crippen molar-refractivity contribution in [3.05, 3.63) is 98.3 Å². The molecule has 1 unspecified atom stereocenters. The van der Waals surface area contributed by atoms with Gasteiger partial charge in [0.05, 0.1) is 29.3 Å². The van der Waals surface area contributed by atoms with Crippen molar-refractivity contribution in [2.24, 2.45) is 0 Å². The quantitative estimate of drug-likeness (QED) is 0.256. The zero-order valence-electron chi connectivity index (χ0n) is 18.5. The molecule has 3 aromatic rings. The third-order valence-electron chi connectivity index (χ3n) is 5.58. The van der Waals surface area contributed by atoms with E-state index < -0.39 is 29.3 Å². The second-order valence-corrected chi connectivity index (χ2v) is 8.88.